The lowest BCUT2D eigenvalue weighted by Gasteiger charge is -2.15. The van der Waals surface area contributed by atoms with Gasteiger partial charge in [0.1, 0.15) is 0 Å². The Balaban J connectivity index is 1.19. The number of aromatic nitrogens is 4. The van der Waals surface area contributed by atoms with Crippen LogP contribution < -0.4 is 0 Å². The molecule has 9 aromatic rings. The van der Waals surface area contributed by atoms with Gasteiger partial charge in [0.15, 0.2) is 11.6 Å². The van der Waals surface area contributed by atoms with Crippen molar-refractivity contribution >= 4 is 32.4 Å². The summed E-state index contributed by atoms with van der Waals surface area (Å²) in [6, 6.07) is 58.5. The maximum absolute atomic E-state index is 5.31. The molecule has 0 aliphatic carbocycles. The Bertz CT molecular complexity index is 2480. The van der Waals surface area contributed by atoms with Crippen LogP contribution in [0.2, 0.25) is 0 Å². The standard InChI is InChI=1S/C44H28N4/c1-3-13-29(14-4-1)39-28-40(47-43(46-39)31-15-5-2-6-16-31)30-23-25-32(26-24-30)44-45-38-22-12-11-21-37(38)42(48-44)41-35-19-9-7-17-33(35)27-34-18-8-10-20-36(34)41/h1-28H. The molecule has 0 amide bonds. The quantitative estimate of drug-likeness (QED) is 0.181. The summed E-state index contributed by atoms with van der Waals surface area (Å²) in [6.07, 6.45) is 0. The fraction of sp³-hybridized carbons (Fsp3) is 0. The van der Waals surface area contributed by atoms with E-state index < -0.39 is 0 Å². The van der Waals surface area contributed by atoms with Gasteiger partial charge >= 0.3 is 0 Å². The van der Waals surface area contributed by atoms with E-state index in [4.69, 9.17) is 19.9 Å². The molecule has 0 radical (unpaired) electrons. The van der Waals surface area contributed by atoms with Crippen molar-refractivity contribution in [2.75, 3.05) is 0 Å². The Morgan fingerprint density at radius 2 is 0.771 bits per heavy atom. The minimum atomic E-state index is 0.685. The largest absolute Gasteiger partial charge is 0.228 e. The molecular formula is C44H28N4. The molecule has 2 aromatic heterocycles. The van der Waals surface area contributed by atoms with Crippen LogP contribution in [0.4, 0.5) is 0 Å². The van der Waals surface area contributed by atoms with Crippen LogP contribution in [-0.2, 0) is 0 Å². The van der Waals surface area contributed by atoms with Gasteiger partial charge in [-0.1, -0.05) is 152 Å². The van der Waals surface area contributed by atoms with Crippen molar-refractivity contribution < 1.29 is 0 Å². The van der Waals surface area contributed by atoms with Crippen molar-refractivity contribution in [3.63, 3.8) is 0 Å². The predicted molar refractivity (Wildman–Crippen MR) is 197 cm³/mol. The van der Waals surface area contributed by atoms with E-state index in [1.165, 1.54) is 21.5 Å². The molecule has 0 bridgehead atoms. The van der Waals surface area contributed by atoms with E-state index in [1.54, 1.807) is 0 Å². The monoisotopic (exact) mass is 612 g/mol. The van der Waals surface area contributed by atoms with E-state index in [0.29, 0.717) is 11.6 Å². The molecule has 0 aliphatic heterocycles. The van der Waals surface area contributed by atoms with Gasteiger partial charge in [0.25, 0.3) is 0 Å². The van der Waals surface area contributed by atoms with Crippen molar-refractivity contribution in [3.8, 4) is 56.5 Å². The van der Waals surface area contributed by atoms with E-state index in [2.05, 4.69) is 115 Å². The lowest BCUT2D eigenvalue weighted by molar-refractivity contribution is 1.18. The summed E-state index contributed by atoms with van der Waals surface area (Å²) in [6.45, 7) is 0. The first-order chi connectivity index (χ1) is 23.8. The topological polar surface area (TPSA) is 51.6 Å². The maximum Gasteiger partial charge on any atom is 0.160 e. The van der Waals surface area contributed by atoms with Gasteiger partial charge in [-0.15, -0.1) is 0 Å². The molecule has 0 atom stereocenters. The van der Waals surface area contributed by atoms with Gasteiger partial charge in [-0.25, -0.2) is 19.9 Å². The Hall–Kier alpha value is -6.52. The molecule has 0 spiro atoms. The average Bonchev–Trinajstić information content (AvgIpc) is 3.17. The molecule has 7 aromatic carbocycles. The minimum Gasteiger partial charge on any atom is -0.228 e. The van der Waals surface area contributed by atoms with Crippen LogP contribution in [0, 0.1) is 0 Å². The second kappa shape index (κ2) is 11.7. The third-order valence-electron chi connectivity index (χ3n) is 8.88. The summed E-state index contributed by atoms with van der Waals surface area (Å²) < 4.78 is 0. The molecule has 0 N–H and O–H groups in total. The number of benzene rings is 7. The van der Waals surface area contributed by atoms with Crippen LogP contribution in [0.5, 0.6) is 0 Å². The zero-order valence-corrected chi connectivity index (χ0v) is 26.0. The van der Waals surface area contributed by atoms with Gasteiger partial charge in [-0.3, -0.25) is 0 Å². The van der Waals surface area contributed by atoms with Crippen molar-refractivity contribution in [1.29, 1.82) is 0 Å². The molecule has 48 heavy (non-hydrogen) atoms. The van der Waals surface area contributed by atoms with Gasteiger partial charge in [0.05, 0.1) is 22.6 Å². The SMILES string of the molecule is c1ccc(-c2cc(-c3ccc(-c4nc(-c5c6ccccc6cc6ccccc56)c5ccccc5n4)cc3)nc(-c3ccccc3)n2)cc1. The summed E-state index contributed by atoms with van der Waals surface area (Å²) in [7, 11) is 0. The maximum atomic E-state index is 5.31. The summed E-state index contributed by atoms with van der Waals surface area (Å²) in [5.41, 5.74) is 8.68. The van der Waals surface area contributed by atoms with Crippen molar-refractivity contribution in [2.45, 2.75) is 0 Å². The van der Waals surface area contributed by atoms with E-state index in [1.807, 2.05) is 54.6 Å². The summed E-state index contributed by atoms with van der Waals surface area (Å²) >= 11 is 0. The first-order valence-corrected chi connectivity index (χ1v) is 16.1. The number of fused-ring (bicyclic) bond motifs is 3. The third kappa shape index (κ3) is 4.97. The van der Waals surface area contributed by atoms with Gasteiger partial charge in [-0.05, 0) is 39.7 Å². The average molecular weight is 613 g/mol. The highest BCUT2D eigenvalue weighted by atomic mass is 14.9. The van der Waals surface area contributed by atoms with Crippen molar-refractivity contribution in [1.82, 2.24) is 19.9 Å². The van der Waals surface area contributed by atoms with Gasteiger partial charge < -0.3 is 0 Å². The molecule has 0 saturated carbocycles. The first-order valence-electron chi connectivity index (χ1n) is 16.1. The molecule has 0 fully saturated rings. The fourth-order valence-electron chi connectivity index (χ4n) is 6.52. The molecule has 4 heteroatoms. The minimum absolute atomic E-state index is 0.685. The normalized spacial score (nSPS) is 11.3. The molecule has 0 aliphatic rings. The van der Waals surface area contributed by atoms with Crippen LogP contribution in [-0.4, -0.2) is 19.9 Å². The van der Waals surface area contributed by atoms with Crippen LogP contribution >= 0.6 is 0 Å². The summed E-state index contributed by atoms with van der Waals surface area (Å²) in [5.74, 6) is 1.38. The lowest BCUT2D eigenvalue weighted by Crippen LogP contribution is -1.97. The molecule has 9 rings (SSSR count). The van der Waals surface area contributed by atoms with Crippen LogP contribution in [0.1, 0.15) is 0 Å². The lowest BCUT2D eigenvalue weighted by atomic mass is 9.93. The van der Waals surface area contributed by atoms with Crippen molar-refractivity contribution in [2.24, 2.45) is 0 Å². The molecule has 2 heterocycles. The zero-order valence-electron chi connectivity index (χ0n) is 26.0. The van der Waals surface area contributed by atoms with E-state index in [0.717, 1.165) is 55.8 Å². The number of hydrogen-bond donors (Lipinski definition) is 0. The van der Waals surface area contributed by atoms with E-state index in [9.17, 15) is 0 Å². The Kier molecular flexibility index (Phi) is 6.76. The summed E-state index contributed by atoms with van der Waals surface area (Å²) in [4.78, 5) is 20.3. The van der Waals surface area contributed by atoms with Crippen LogP contribution in [0.25, 0.3) is 89.0 Å². The molecule has 0 saturated heterocycles. The van der Waals surface area contributed by atoms with Crippen molar-refractivity contribution in [3.05, 3.63) is 170 Å². The second-order valence-electron chi connectivity index (χ2n) is 11.9. The number of hydrogen-bond acceptors (Lipinski definition) is 4. The van der Waals surface area contributed by atoms with E-state index in [-0.39, 0.29) is 0 Å². The molecule has 224 valence electrons. The molecular weight excluding hydrogens is 585 g/mol. The number of para-hydroxylation sites is 1. The van der Waals surface area contributed by atoms with Crippen LogP contribution in [0.15, 0.2) is 170 Å². The number of rotatable bonds is 5. The fourth-order valence-corrected chi connectivity index (χ4v) is 6.52. The highest BCUT2D eigenvalue weighted by molar-refractivity contribution is 6.15. The molecule has 0 unspecified atom stereocenters. The highest BCUT2D eigenvalue weighted by Gasteiger charge is 2.17. The highest BCUT2D eigenvalue weighted by Crippen LogP contribution is 2.39. The first kappa shape index (κ1) is 27.8. The van der Waals surface area contributed by atoms with Gasteiger partial charge in [-0.2, -0.15) is 0 Å². The Morgan fingerprint density at radius 3 is 1.42 bits per heavy atom. The van der Waals surface area contributed by atoms with E-state index >= 15 is 0 Å². The van der Waals surface area contributed by atoms with Gasteiger partial charge in [0.2, 0.25) is 0 Å². The zero-order chi connectivity index (χ0) is 31.9. The second-order valence-corrected chi connectivity index (χ2v) is 11.9. The summed E-state index contributed by atoms with van der Waals surface area (Å²) in [5, 5.41) is 5.76. The molecule has 4 nitrogen and oxygen atoms in total. The third-order valence-corrected chi connectivity index (χ3v) is 8.88. The Labute approximate surface area is 278 Å². The van der Waals surface area contributed by atoms with Gasteiger partial charge in [0, 0.05) is 33.2 Å². The smallest absolute Gasteiger partial charge is 0.160 e. The van der Waals surface area contributed by atoms with Crippen LogP contribution in [0.3, 0.4) is 0 Å². The Morgan fingerprint density at radius 1 is 0.312 bits per heavy atom. The predicted octanol–water partition coefficient (Wildman–Crippen LogP) is 11.1. The number of nitrogens with zero attached hydrogens (tertiary/aromatic N) is 4.